The first-order chi connectivity index (χ1) is 12.9. The molecule has 2 fully saturated rings. The lowest BCUT2D eigenvalue weighted by atomic mass is 9.77. The summed E-state index contributed by atoms with van der Waals surface area (Å²) in [5.41, 5.74) is 1.03. The molecule has 0 N–H and O–H groups in total. The van der Waals surface area contributed by atoms with Crippen LogP contribution in [0.25, 0.3) is 0 Å². The molecule has 0 aromatic carbocycles. The summed E-state index contributed by atoms with van der Waals surface area (Å²) in [4.78, 5) is 28.9. The van der Waals surface area contributed by atoms with Crippen molar-refractivity contribution in [2.24, 2.45) is 5.41 Å². The number of carbonyl (C=O) groups is 2. The van der Waals surface area contributed by atoms with E-state index in [1.165, 1.54) is 0 Å². The van der Waals surface area contributed by atoms with Crippen LogP contribution in [0.15, 0.2) is 0 Å². The fraction of sp³-hybridized carbons (Fsp3) is 0.737. The Balaban J connectivity index is 1.71. The van der Waals surface area contributed by atoms with Crippen LogP contribution in [-0.4, -0.2) is 64.3 Å². The SMILES string of the molecule is Cc1nn(CC(F)(F)F)c(C)c1C(C)C(=O)N1CCC2(CCN(C)C2=O)CC1. The maximum Gasteiger partial charge on any atom is 0.408 e. The van der Waals surface area contributed by atoms with Gasteiger partial charge in [0.1, 0.15) is 6.54 Å². The summed E-state index contributed by atoms with van der Waals surface area (Å²) in [5.74, 6) is -0.530. The van der Waals surface area contributed by atoms with E-state index in [2.05, 4.69) is 5.10 Å². The van der Waals surface area contributed by atoms with Crippen LogP contribution < -0.4 is 0 Å². The molecule has 1 aromatic heterocycles. The molecule has 2 aliphatic rings. The number of hydrogen-bond donors (Lipinski definition) is 0. The van der Waals surface area contributed by atoms with Crippen molar-refractivity contribution < 1.29 is 22.8 Å². The van der Waals surface area contributed by atoms with Gasteiger partial charge in [-0.15, -0.1) is 0 Å². The average molecular weight is 400 g/mol. The molecule has 3 rings (SSSR count). The number of aromatic nitrogens is 2. The van der Waals surface area contributed by atoms with Gasteiger partial charge in [0, 0.05) is 37.9 Å². The zero-order valence-corrected chi connectivity index (χ0v) is 16.8. The van der Waals surface area contributed by atoms with Crippen LogP contribution in [0.3, 0.4) is 0 Å². The molecule has 3 heterocycles. The summed E-state index contributed by atoms with van der Waals surface area (Å²) in [6.45, 7) is 5.51. The number of hydrogen-bond acceptors (Lipinski definition) is 3. The van der Waals surface area contributed by atoms with Crippen molar-refractivity contribution >= 4 is 11.8 Å². The second-order valence-electron chi connectivity index (χ2n) is 8.16. The Hall–Kier alpha value is -2.06. The number of nitrogens with zero attached hydrogens (tertiary/aromatic N) is 4. The van der Waals surface area contributed by atoms with E-state index in [1.54, 1.807) is 37.6 Å². The summed E-state index contributed by atoms with van der Waals surface area (Å²) >= 11 is 0. The molecule has 0 saturated carbocycles. The van der Waals surface area contributed by atoms with Gasteiger partial charge in [-0.2, -0.15) is 18.3 Å². The molecule has 0 bridgehead atoms. The predicted molar refractivity (Wildman–Crippen MR) is 96.7 cm³/mol. The lowest BCUT2D eigenvalue weighted by Crippen LogP contribution is -2.47. The van der Waals surface area contributed by atoms with Crippen LogP contribution in [0.1, 0.15) is 49.1 Å². The van der Waals surface area contributed by atoms with Gasteiger partial charge < -0.3 is 9.80 Å². The normalized spacial score (nSPS) is 20.9. The Morgan fingerprint density at radius 3 is 2.25 bits per heavy atom. The Kier molecular flexibility index (Phi) is 5.22. The summed E-state index contributed by atoms with van der Waals surface area (Å²) in [7, 11) is 1.81. The van der Waals surface area contributed by atoms with Gasteiger partial charge in [0.25, 0.3) is 0 Å². The molecular weight excluding hydrogens is 373 g/mol. The standard InChI is InChI=1S/C19H27F3N4O2/c1-12(15-13(2)23-26(14(15)3)11-19(20,21)22)16(27)25-9-6-18(7-10-25)5-8-24(4)17(18)28/h12H,5-11H2,1-4H3. The van der Waals surface area contributed by atoms with Gasteiger partial charge in [0.15, 0.2) is 0 Å². The van der Waals surface area contributed by atoms with Crippen molar-refractivity contribution in [2.45, 2.75) is 58.7 Å². The third kappa shape index (κ3) is 3.63. The fourth-order valence-electron chi connectivity index (χ4n) is 4.67. The highest BCUT2D eigenvalue weighted by molar-refractivity contribution is 5.86. The number of aryl methyl sites for hydroxylation is 1. The van der Waals surface area contributed by atoms with Crippen molar-refractivity contribution in [1.29, 1.82) is 0 Å². The number of likely N-dealkylation sites (tertiary alicyclic amines) is 2. The smallest absolute Gasteiger partial charge is 0.345 e. The van der Waals surface area contributed by atoms with Crippen molar-refractivity contribution in [3.05, 3.63) is 17.0 Å². The lowest BCUT2D eigenvalue weighted by Gasteiger charge is -2.38. The largest absolute Gasteiger partial charge is 0.408 e. The van der Waals surface area contributed by atoms with Crippen LogP contribution in [0.4, 0.5) is 13.2 Å². The van der Waals surface area contributed by atoms with Crippen LogP contribution in [0, 0.1) is 19.3 Å². The first kappa shape index (κ1) is 20.7. The molecule has 1 unspecified atom stereocenters. The Morgan fingerprint density at radius 2 is 1.75 bits per heavy atom. The van der Waals surface area contributed by atoms with Crippen LogP contribution >= 0.6 is 0 Å². The highest BCUT2D eigenvalue weighted by Crippen LogP contribution is 2.41. The van der Waals surface area contributed by atoms with Crippen LogP contribution in [-0.2, 0) is 16.1 Å². The monoisotopic (exact) mass is 400 g/mol. The van der Waals surface area contributed by atoms with Crippen LogP contribution in [0.5, 0.6) is 0 Å². The molecule has 9 heteroatoms. The van der Waals surface area contributed by atoms with Gasteiger partial charge in [-0.1, -0.05) is 0 Å². The van der Waals surface area contributed by atoms with Crippen molar-refractivity contribution in [2.75, 3.05) is 26.7 Å². The zero-order valence-electron chi connectivity index (χ0n) is 16.8. The van der Waals surface area contributed by atoms with Crippen molar-refractivity contribution in [3.8, 4) is 0 Å². The highest BCUT2D eigenvalue weighted by atomic mass is 19.4. The van der Waals surface area contributed by atoms with E-state index in [0.29, 0.717) is 42.9 Å². The number of amides is 2. The van der Waals surface area contributed by atoms with Gasteiger partial charge >= 0.3 is 6.18 Å². The third-order valence-electron chi connectivity index (χ3n) is 6.33. The summed E-state index contributed by atoms with van der Waals surface area (Å²) in [6.07, 6.45) is -2.27. The van der Waals surface area contributed by atoms with E-state index in [1.807, 2.05) is 0 Å². The molecule has 2 aliphatic heterocycles. The number of rotatable bonds is 3. The quantitative estimate of drug-likeness (QED) is 0.784. The Bertz CT molecular complexity index is 779. The second kappa shape index (κ2) is 7.08. The topological polar surface area (TPSA) is 58.4 Å². The van der Waals surface area contributed by atoms with Crippen molar-refractivity contribution in [1.82, 2.24) is 19.6 Å². The molecule has 2 saturated heterocycles. The van der Waals surface area contributed by atoms with E-state index in [-0.39, 0.29) is 17.2 Å². The van der Waals surface area contributed by atoms with E-state index in [0.717, 1.165) is 17.6 Å². The first-order valence-electron chi connectivity index (χ1n) is 9.60. The van der Waals surface area contributed by atoms with E-state index >= 15 is 0 Å². The fourth-order valence-corrected chi connectivity index (χ4v) is 4.67. The minimum Gasteiger partial charge on any atom is -0.345 e. The molecule has 2 amide bonds. The summed E-state index contributed by atoms with van der Waals surface area (Å²) in [5, 5.41) is 4.00. The molecular formula is C19H27F3N4O2. The minimum absolute atomic E-state index is 0.119. The lowest BCUT2D eigenvalue weighted by molar-refractivity contribution is -0.143. The van der Waals surface area contributed by atoms with E-state index < -0.39 is 18.6 Å². The predicted octanol–water partition coefficient (Wildman–Crippen LogP) is 2.64. The van der Waals surface area contributed by atoms with Gasteiger partial charge in [-0.3, -0.25) is 14.3 Å². The maximum atomic E-state index is 13.0. The van der Waals surface area contributed by atoms with Gasteiger partial charge in [-0.25, -0.2) is 0 Å². The number of alkyl halides is 3. The Labute approximate surface area is 162 Å². The van der Waals surface area contributed by atoms with E-state index in [4.69, 9.17) is 0 Å². The van der Waals surface area contributed by atoms with Crippen LogP contribution in [0.2, 0.25) is 0 Å². The molecule has 1 spiro atoms. The minimum atomic E-state index is -4.37. The van der Waals surface area contributed by atoms with E-state index in [9.17, 15) is 22.8 Å². The first-order valence-corrected chi connectivity index (χ1v) is 9.60. The molecule has 0 aliphatic carbocycles. The molecule has 0 radical (unpaired) electrons. The van der Waals surface area contributed by atoms with Crippen molar-refractivity contribution in [3.63, 3.8) is 0 Å². The number of carbonyl (C=O) groups excluding carboxylic acids is 2. The molecule has 1 aromatic rings. The Morgan fingerprint density at radius 1 is 1.18 bits per heavy atom. The molecule has 1 atom stereocenters. The molecule has 156 valence electrons. The summed E-state index contributed by atoms with van der Waals surface area (Å²) in [6, 6.07) is 0. The average Bonchev–Trinajstić information content (AvgIpc) is 3.04. The number of halogens is 3. The zero-order chi connectivity index (χ0) is 20.9. The summed E-state index contributed by atoms with van der Waals surface area (Å²) < 4.78 is 39.2. The molecule has 28 heavy (non-hydrogen) atoms. The van der Waals surface area contributed by atoms with Gasteiger partial charge in [-0.05, 0) is 40.0 Å². The third-order valence-corrected chi connectivity index (χ3v) is 6.33. The second-order valence-corrected chi connectivity index (χ2v) is 8.16. The highest BCUT2D eigenvalue weighted by Gasteiger charge is 2.47. The van der Waals surface area contributed by atoms with Gasteiger partial charge in [0.2, 0.25) is 11.8 Å². The molecule has 6 nitrogen and oxygen atoms in total. The number of piperidine rings is 1. The van der Waals surface area contributed by atoms with Gasteiger partial charge in [0.05, 0.1) is 17.0 Å². The maximum absolute atomic E-state index is 13.0.